The Kier molecular flexibility index (Phi) is 2.50. The van der Waals surface area contributed by atoms with Gasteiger partial charge >= 0.3 is 0 Å². The van der Waals surface area contributed by atoms with Crippen LogP contribution in [0.15, 0.2) is 0 Å². The van der Waals surface area contributed by atoms with E-state index in [0.29, 0.717) is 12.4 Å². The van der Waals surface area contributed by atoms with Crippen molar-refractivity contribution in [3.8, 4) is 0 Å². The molecule has 0 aromatic heterocycles. The van der Waals surface area contributed by atoms with E-state index >= 15 is 0 Å². The molecule has 0 aromatic carbocycles. The monoisotopic (exact) mass is 210 g/mol. The highest BCUT2D eigenvalue weighted by Crippen LogP contribution is 2.22. The van der Waals surface area contributed by atoms with E-state index in [9.17, 15) is 4.79 Å². The van der Waals surface area contributed by atoms with E-state index in [-0.39, 0.29) is 12.0 Å². The van der Waals surface area contributed by atoms with Crippen LogP contribution in [0.4, 0.5) is 0 Å². The van der Waals surface area contributed by atoms with Crippen molar-refractivity contribution < 1.29 is 9.53 Å². The van der Waals surface area contributed by atoms with Crippen LogP contribution in [0.2, 0.25) is 0 Å². The van der Waals surface area contributed by atoms with Gasteiger partial charge in [0.25, 0.3) is 0 Å². The Labute approximate surface area is 90.2 Å². The number of carbonyl (C=O) groups excluding carboxylic acids is 1. The zero-order chi connectivity index (χ0) is 10.3. The number of nitrogens with zero attached hydrogens (tertiary/aromatic N) is 2. The molecule has 4 heteroatoms. The molecular formula is C11H18N2O2. The molecule has 0 aromatic rings. The third kappa shape index (κ3) is 1.71. The molecule has 0 radical (unpaired) electrons. The number of hydrogen-bond acceptors (Lipinski definition) is 4. The van der Waals surface area contributed by atoms with Crippen LogP contribution in [-0.4, -0.2) is 67.6 Å². The van der Waals surface area contributed by atoms with E-state index in [0.717, 1.165) is 45.8 Å². The van der Waals surface area contributed by atoms with Crippen LogP contribution in [0.5, 0.6) is 0 Å². The highest BCUT2D eigenvalue weighted by molar-refractivity contribution is 5.87. The number of Topliss-reactive ketones (excluding diaryl/α,β-unsaturated/α-hetero) is 1. The first-order chi connectivity index (χ1) is 7.34. The fraction of sp³-hybridized carbons (Fsp3) is 0.909. The third-order valence-electron chi connectivity index (χ3n) is 3.94. The van der Waals surface area contributed by atoms with Crippen LogP contribution in [0.25, 0.3) is 0 Å². The maximum atomic E-state index is 12.2. The van der Waals surface area contributed by atoms with Gasteiger partial charge in [-0.15, -0.1) is 0 Å². The SMILES string of the molecule is O=C(C1CCOC1)C1CN2CCN1CC2. The van der Waals surface area contributed by atoms with E-state index in [4.69, 9.17) is 4.74 Å². The molecule has 2 unspecified atom stereocenters. The Morgan fingerprint density at radius 2 is 2.00 bits per heavy atom. The summed E-state index contributed by atoms with van der Waals surface area (Å²) >= 11 is 0. The van der Waals surface area contributed by atoms with E-state index < -0.39 is 0 Å². The first-order valence-corrected chi connectivity index (χ1v) is 5.92. The molecule has 4 aliphatic heterocycles. The van der Waals surface area contributed by atoms with Crippen molar-refractivity contribution >= 4 is 5.78 Å². The molecule has 15 heavy (non-hydrogen) atoms. The predicted molar refractivity (Wildman–Crippen MR) is 55.7 cm³/mol. The number of ether oxygens (including phenoxy) is 1. The van der Waals surface area contributed by atoms with E-state index in [1.807, 2.05) is 0 Å². The Balaban J connectivity index is 1.68. The fourth-order valence-electron chi connectivity index (χ4n) is 2.92. The molecule has 2 atom stereocenters. The van der Waals surface area contributed by atoms with Crippen molar-refractivity contribution in [1.82, 2.24) is 9.80 Å². The highest BCUT2D eigenvalue weighted by atomic mass is 16.5. The summed E-state index contributed by atoms with van der Waals surface area (Å²) in [4.78, 5) is 17.0. The molecule has 0 N–H and O–H groups in total. The molecule has 0 aliphatic carbocycles. The summed E-state index contributed by atoms with van der Waals surface area (Å²) in [6.07, 6.45) is 0.934. The number of hydrogen-bond donors (Lipinski definition) is 0. The van der Waals surface area contributed by atoms with E-state index in [2.05, 4.69) is 9.80 Å². The van der Waals surface area contributed by atoms with Gasteiger partial charge in [0.2, 0.25) is 0 Å². The molecule has 4 heterocycles. The van der Waals surface area contributed by atoms with Gasteiger partial charge in [-0.3, -0.25) is 14.6 Å². The molecule has 4 rings (SSSR count). The van der Waals surface area contributed by atoms with Crippen LogP contribution < -0.4 is 0 Å². The van der Waals surface area contributed by atoms with Gasteiger partial charge in [-0.2, -0.15) is 0 Å². The Bertz CT molecular complexity index is 255. The topological polar surface area (TPSA) is 32.8 Å². The van der Waals surface area contributed by atoms with Gasteiger partial charge in [0.15, 0.2) is 5.78 Å². The lowest BCUT2D eigenvalue weighted by molar-refractivity contribution is -0.133. The lowest BCUT2D eigenvalue weighted by Gasteiger charge is -2.47. The van der Waals surface area contributed by atoms with Crippen molar-refractivity contribution in [2.24, 2.45) is 5.92 Å². The van der Waals surface area contributed by atoms with Gasteiger partial charge in [-0.1, -0.05) is 0 Å². The largest absolute Gasteiger partial charge is 0.381 e. The average Bonchev–Trinajstić information content (AvgIpc) is 2.83. The quantitative estimate of drug-likeness (QED) is 0.620. The second-order valence-electron chi connectivity index (χ2n) is 4.82. The van der Waals surface area contributed by atoms with Crippen LogP contribution in [0.1, 0.15) is 6.42 Å². The second-order valence-corrected chi connectivity index (χ2v) is 4.82. The average molecular weight is 210 g/mol. The van der Waals surface area contributed by atoms with Crippen LogP contribution in [0, 0.1) is 5.92 Å². The molecule has 0 spiro atoms. The number of fused-ring (bicyclic) bond motifs is 3. The number of piperazine rings is 3. The molecule has 2 bridgehead atoms. The lowest BCUT2D eigenvalue weighted by Crippen LogP contribution is -2.64. The Hall–Kier alpha value is -0.450. The zero-order valence-electron chi connectivity index (χ0n) is 9.02. The zero-order valence-corrected chi connectivity index (χ0v) is 9.02. The molecule has 4 aliphatic rings. The summed E-state index contributed by atoms with van der Waals surface area (Å²) in [5.41, 5.74) is 0. The van der Waals surface area contributed by atoms with Crippen molar-refractivity contribution in [2.45, 2.75) is 12.5 Å². The molecule has 84 valence electrons. The van der Waals surface area contributed by atoms with Gasteiger partial charge in [-0.25, -0.2) is 0 Å². The second kappa shape index (κ2) is 3.85. The summed E-state index contributed by atoms with van der Waals surface area (Å²) in [7, 11) is 0. The van der Waals surface area contributed by atoms with Crippen LogP contribution >= 0.6 is 0 Å². The molecule has 4 fully saturated rings. The highest BCUT2D eigenvalue weighted by Gasteiger charge is 2.39. The van der Waals surface area contributed by atoms with Gasteiger partial charge in [0.05, 0.1) is 12.6 Å². The molecule has 4 nitrogen and oxygen atoms in total. The first-order valence-electron chi connectivity index (χ1n) is 5.92. The molecule has 0 amide bonds. The molecular weight excluding hydrogens is 192 g/mol. The fourth-order valence-corrected chi connectivity index (χ4v) is 2.92. The molecule has 4 saturated heterocycles. The predicted octanol–water partition coefficient (Wildman–Crippen LogP) is -0.408. The maximum Gasteiger partial charge on any atom is 0.156 e. The summed E-state index contributed by atoms with van der Waals surface area (Å²) in [6.45, 7) is 6.81. The molecule has 0 saturated carbocycles. The summed E-state index contributed by atoms with van der Waals surface area (Å²) in [6, 6.07) is 0.166. The van der Waals surface area contributed by atoms with Gasteiger partial charge < -0.3 is 4.74 Å². The summed E-state index contributed by atoms with van der Waals surface area (Å²) in [5.74, 6) is 0.604. The lowest BCUT2D eigenvalue weighted by atomic mass is 9.93. The Morgan fingerprint density at radius 3 is 2.53 bits per heavy atom. The van der Waals surface area contributed by atoms with Gasteiger partial charge in [0, 0.05) is 45.2 Å². The van der Waals surface area contributed by atoms with Gasteiger partial charge in [-0.05, 0) is 6.42 Å². The standard InChI is InChI=1S/C11H18N2O2/c14-11(9-1-6-15-8-9)10-7-12-2-4-13(10)5-3-12/h9-10H,1-8H2. The minimum atomic E-state index is 0.166. The summed E-state index contributed by atoms with van der Waals surface area (Å²) in [5, 5.41) is 0. The van der Waals surface area contributed by atoms with E-state index in [1.165, 1.54) is 0 Å². The van der Waals surface area contributed by atoms with Crippen molar-refractivity contribution in [3.05, 3.63) is 0 Å². The van der Waals surface area contributed by atoms with Crippen LogP contribution in [-0.2, 0) is 9.53 Å². The van der Waals surface area contributed by atoms with Crippen molar-refractivity contribution in [2.75, 3.05) is 45.9 Å². The Morgan fingerprint density at radius 1 is 1.20 bits per heavy atom. The number of rotatable bonds is 2. The van der Waals surface area contributed by atoms with Gasteiger partial charge in [0.1, 0.15) is 0 Å². The first kappa shape index (κ1) is 9.75. The van der Waals surface area contributed by atoms with Crippen molar-refractivity contribution in [3.63, 3.8) is 0 Å². The minimum absolute atomic E-state index is 0.166. The van der Waals surface area contributed by atoms with Crippen molar-refractivity contribution in [1.29, 1.82) is 0 Å². The maximum absolute atomic E-state index is 12.2. The smallest absolute Gasteiger partial charge is 0.156 e. The summed E-state index contributed by atoms with van der Waals surface area (Å²) < 4.78 is 5.30. The minimum Gasteiger partial charge on any atom is -0.381 e. The third-order valence-corrected chi connectivity index (χ3v) is 3.94. The van der Waals surface area contributed by atoms with E-state index in [1.54, 1.807) is 0 Å². The number of ketones is 1. The van der Waals surface area contributed by atoms with Crippen LogP contribution in [0.3, 0.4) is 0 Å². The number of carbonyl (C=O) groups is 1. The normalized spacial score (nSPS) is 44.5.